The van der Waals surface area contributed by atoms with Crippen LogP contribution in [-0.2, 0) is 32.8 Å². The second kappa shape index (κ2) is 10.5. The number of carbonyl (C=O) groups is 1. The van der Waals surface area contributed by atoms with E-state index in [9.17, 15) is 14.3 Å². The number of aromatic nitrogens is 1. The fourth-order valence-corrected chi connectivity index (χ4v) is 5.72. The Morgan fingerprint density at radius 1 is 1.32 bits per heavy atom. The zero-order chi connectivity index (χ0) is 27.2. The Hall–Kier alpha value is -1.65. The van der Waals surface area contributed by atoms with E-state index in [1.54, 1.807) is 32.9 Å². The molecule has 2 atom stereocenters. The van der Waals surface area contributed by atoms with E-state index in [1.165, 1.54) is 12.1 Å². The lowest BCUT2D eigenvalue weighted by Gasteiger charge is -2.45. The van der Waals surface area contributed by atoms with Gasteiger partial charge in [-0.05, 0) is 75.1 Å². The molecule has 202 valence electrons. The van der Waals surface area contributed by atoms with Crippen molar-refractivity contribution in [2.24, 2.45) is 5.41 Å². The molecule has 2 aromatic rings. The van der Waals surface area contributed by atoms with Crippen molar-refractivity contribution < 1.29 is 28.2 Å². The van der Waals surface area contributed by atoms with Crippen LogP contribution >= 0.6 is 27.5 Å². The number of rotatable bonds is 6. The summed E-state index contributed by atoms with van der Waals surface area (Å²) in [6.07, 6.45) is 0.728. The first-order valence-corrected chi connectivity index (χ1v) is 13.5. The Morgan fingerprint density at radius 3 is 2.62 bits per heavy atom. The molecule has 2 aliphatic rings. The quantitative estimate of drug-likeness (QED) is 0.346. The summed E-state index contributed by atoms with van der Waals surface area (Å²) in [5, 5.41) is 10.8. The van der Waals surface area contributed by atoms with Crippen molar-refractivity contribution in [3.63, 3.8) is 0 Å². The van der Waals surface area contributed by atoms with Gasteiger partial charge >= 0.3 is 5.97 Å². The first kappa shape index (κ1) is 28.4. The Bertz CT molecular complexity index is 1190. The number of carbonyl (C=O) groups excluding carboxylic acids is 1. The van der Waals surface area contributed by atoms with Gasteiger partial charge in [-0.1, -0.05) is 23.7 Å². The van der Waals surface area contributed by atoms with Crippen molar-refractivity contribution in [3.05, 3.63) is 62.3 Å². The summed E-state index contributed by atoms with van der Waals surface area (Å²) in [6.45, 7) is 8.12. The Balaban J connectivity index is 1.65. The van der Waals surface area contributed by atoms with E-state index in [4.69, 9.17) is 21.1 Å². The number of benzene rings is 1. The van der Waals surface area contributed by atoms with Crippen molar-refractivity contribution >= 4 is 33.5 Å². The van der Waals surface area contributed by atoms with Crippen LogP contribution in [0.1, 0.15) is 57.4 Å². The van der Waals surface area contributed by atoms with Gasteiger partial charge in [0, 0.05) is 30.1 Å². The van der Waals surface area contributed by atoms with E-state index in [0.717, 1.165) is 0 Å². The van der Waals surface area contributed by atoms with Gasteiger partial charge in [0.25, 0.3) is 0 Å². The lowest BCUT2D eigenvalue weighted by molar-refractivity contribution is -0.186. The van der Waals surface area contributed by atoms with E-state index in [1.807, 2.05) is 6.92 Å². The molecule has 4 rings (SSSR count). The van der Waals surface area contributed by atoms with Crippen LogP contribution in [0.15, 0.2) is 28.9 Å². The van der Waals surface area contributed by atoms with E-state index in [-0.39, 0.29) is 42.0 Å². The van der Waals surface area contributed by atoms with Gasteiger partial charge in [0.1, 0.15) is 21.6 Å². The molecule has 10 heteroatoms. The maximum Gasteiger partial charge on any atom is 0.313 e. The Morgan fingerprint density at radius 2 is 2.03 bits per heavy atom. The van der Waals surface area contributed by atoms with Crippen molar-refractivity contribution in [1.82, 2.24) is 9.88 Å². The molecule has 1 N–H and O–H groups in total. The molecule has 0 radical (unpaired) electrons. The average molecular weight is 602 g/mol. The number of likely N-dealkylation sites (tertiary alicyclic amines) is 1. The zero-order valence-electron chi connectivity index (χ0n) is 21.4. The number of hydrogen-bond acceptors (Lipinski definition) is 6. The van der Waals surface area contributed by atoms with Gasteiger partial charge in [0.15, 0.2) is 5.82 Å². The molecule has 2 unspecified atom stereocenters. The maximum atomic E-state index is 15.7. The summed E-state index contributed by atoms with van der Waals surface area (Å²) in [4.78, 5) is 20.1. The summed E-state index contributed by atoms with van der Waals surface area (Å²) in [6, 6.07) is 6.22. The van der Waals surface area contributed by atoms with Gasteiger partial charge in [-0.25, -0.2) is 13.8 Å². The molecule has 2 aliphatic heterocycles. The second-order valence-electron chi connectivity index (χ2n) is 11.2. The molecule has 3 heterocycles. The largest absolute Gasteiger partial charge is 0.460 e. The van der Waals surface area contributed by atoms with E-state index in [0.29, 0.717) is 36.1 Å². The first-order chi connectivity index (χ1) is 17.2. The van der Waals surface area contributed by atoms with Crippen molar-refractivity contribution in [2.75, 3.05) is 19.8 Å². The van der Waals surface area contributed by atoms with Crippen LogP contribution in [0.3, 0.4) is 0 Å². The highest BCUT2D eigenvalue weighted by molar-refractivity contribution is 9.10. The van der Waals surface area contributed by atoms with E-state index >= 15 is 4.39 Å². The molecule has 0 bridgehead atoms. The molecule has 1 aromatic heterocycles. The summed E-state index contributed by atoms with van der Waals surface area (Å²) in [7, 11) is 0. The van der Waals surface area contributed by atoms with Gasteiger partial charge in [0.2, 0.25) is 0 Å². The van der Waals surface area contributed by atoms with Crippen LogP contribution in [-0.4, -0.2) is 52.4 Å². The van der Waals surface area contributed by atoms with Gasteiger partial charge in [0.05, 0.1) is 29.3 Å². The summed E-state index contributed by atoms with van der Waals surface area (Å²) in [5.74, 6) is -1.52. The molecule has 0 aliphatic carbocycles. The predicted molar refractivity (Wildman–Crippen MR) is 139 cm³/mol. The monoisotopic (exact) mass is 600 g/mol. The van der Waals surface area contributed by atoms with Crippen LogP contribution in [0.2, 0.25) is 5.02 Å². The van der Waals surface area contributed by atoms with Crippen LogP contribution in [0, 0.1) is 17.0 Å². The highest BCUT2D eigenvalue weighted by Crippen LogP contribution is 2.42. The van der Waals surface area contributed by atoms with Gasteiger partial charge in [-0.2, -0.15) is 0 Å². The Labute approximate surface area is 229 Å². The second-order valence-corrected chi connectivity index (χ2v) is 12.4. The van der Waals surface area contributed by atoms with Gasteiger partial charge in [-0.15, -0.1) is 0 Å². The fraction of sp³-hybridized carbons (Fsp3) is 0.556. The third kappa shape index (κ3) is 6.01. The third-order valence-corrected chi connectivity index (χ3v) is 7.81. The fourth-order valence-electron chi connectivity index (χ4n) is 5.08. The number of esters is 1. The topological polar surface area (TPSA) is 71.9 Å². The van der Waals surface area contributed by atoms with E-state index < -0.39 is 34.2 Å². The number of hydrogen-bond donors (Lipinski definition) is 1. The van der Waals surface area contributed by atoms with Crippen molar-refractivity contribution in [1.29, 1.82) is 0 Å². The standard InChI is InChI=1S/C27H32BrClF2N2O4/c1-16-11-26(24(34)37-25(2,3)4,8-9-33(16)13-17-6-5-7-19(29)22(17)30)12-20-23(31)18(10-21(28)32-20)27(35)14-36-15-27/h5-7,10,16,35H,8-9,11-15H2,1-4H3. The summed E-state index contributed by atoms with van der Waals surface area (Å²) in [5.41, 5.74) is -2.57. The summed E-state index contributed by atoms with van der Waals surface area (Å²) >= 11 is 9.30. The van der Waals surface area contributed by atoms with Crippen LogP contribution in [0.25, 0.3) is 0 Å². The van der Waals surface area contributed by atoms with E-state index in [2.05, 4.69) is 25.8 Å². The highest BCUT2D eigenvalue weighted by atomic mass is 79.9. The average Bonchev–Trinajstić information content (AvgIpc) is 2.78. The zero-order valence-corrected chi connectivity index (χ0v) is 23.8. The van der Waals surface area contributed by atoms with Crippen molar-refractivity contribution in [3.8, 4) is 0 Å². The molecular weight excluding hydrogens is 570 g/mol. The van der Waals surface area contributed by atoms with Crippen LogP contribution in [0.4, 0.5) is 8.78 Å². The number of halogens is 4. The Kier molecular flexibility index (Phi) is 8.04. The molecule has 0 amide bonds. The molecular formula is C27H32BrClF2N2O4. The highest BCUT2D eigenvalue weighted by Gasteiger charge is 2.48. The van der Waals surface area contributed by atoms with Gasteiger partial charge in [-0.3, -0.25) is 9.69 Å². The SMILES string of the molecule is CC1CC(Cc2nc(Br)cc(C3(O)COC3)c2F)(C(=O)OC(C)(C)C)CCN1Cc1cccc(Cl)c1F. The maximum absolute atomic E-state index is 15.7. The number of ether oxygens (including phenoxy) is 2. The molecule has 2 fully saturated rings. The van der Waals surface area contributed by atoms with Crippen molar-refractivity contribution in [2.45, 2.75) is 70.7 Å². The molecule has 0 saturated carbocycles. The number of aliphatic hydroxyl groups is 1. The predicted octanol–water partition coefficient (Wildman–Crippen LogP) is 5.55. The molecule has 37 heavy (non-hydrogen) atoms. The third-order valence-electron chi connectivity index (χ3n) is 7.11. The lowest BCUT2D eigenvalue weighted by atomic mass is 9.71. The lowest BCUT2D eigenvalue weighted by Crippen LogP contribution is -2.51. The number of nitrogens with zero attached hydrogens (tertiary/aromatic N) is 2. The number of piperidine rings is 1. The number of pyridine rings is 1. The van der Waals surface area contributed by atoms with Crippen LogP contribution < -0.4 is 0 Å². The minimum absolute atomic E-state index is 0.000823. The molecule has 6 nitrogen and oxygen atoms in total. The summed E-state index contributed by atoms with van der Waals surface area (Å²) < 4.78 is 41.6. The minimum atomic E-state index is -1.43. The van der Waals surface area contributed by atoms with Crippen LogP contribution in [0.5, 0.6) is 0 Å². The normalized spacial score (nSPS) is 24.0. The minimum Gasteiger partial charge on any atom is -0.460 e. The first-order valence-electron chi connectivity index (χ1n) is 12.3. The molecule has 0 spiro atoms. The molecule has 2 saturated heterocycles. The molecule has 1 aromatic carbocycles. The smallest absolute Gasteiger partial charge is 0.313 e. The van der Waals surface area contributed by atoms with Gasteiger partial charge < -0.3 is 14.6 Å².